The molecular formula is C16H10Cl2N4OS. The lowest BCUT2D eigenvalue weighted by molar-refractivity contribution is 0.415. The van der Waals surface area contributed by atoms with E-state index in [0.29, 0.717) is 20.8 Å². The highest BCUT2D eigenvalue weighted by atomic mass is 35.5. The van der Waals surface area contributed by atoms with Crippen molar-refractivity contribution in [3.63, 3.8) is 0 Å². The minimum absolute atomic E-state index is 0.551. The van der Waals surface area contributed by atoms with Crippen molar-refractivity contribution in [3.05, 3.63) is 52.5 Å². The second-order valence-corrected chi connectivity index (χ2v) is 6.78. The maximum Gasteiger partial charge on any atom is 0.235 e. The van der Waals surface area contributed by atoms with Gasteiger partial charge in [0.2, 0.25) is 4.96 Å². The van der Waals surface area contributed by atoms with Gasteiger partial charge in [-0.3, -0.25) is 0 Å². The molecule has 0 fully saturated rings. The normalized spacial score (nSPS) is 11.1. The lowest BCUT2D eigenvalue weighted by atomic mass is 10.2. The van der Waals surface area contributed by atoms with Crippen LogP contribution in [0.3, 0.4) is 0 Å². The van der Waals surface area contributed by atoms with Crippen molar-refractivity contribution in [2.45, 2.75) is 0 Å². The molecule has 120 valence electrons. The highest BCUT2D eigenvalue weighted by Gasteiger charge is 2.16. The largest absolute Gasteiger partial charge is 0.497 e. The Morgan fingerprint density at radius 2 is 1.96 bits per heavy atom. The molecule has 0 N–H and O–H groups in total. The van der Waals surface area contributed by atoms with Crippen LogP contribution in [0.15, 0.2) is 42.5 Å². The zero-order valence-corrected chi connectivity index (χ0v) is 14.7. The fraction of sp³-hybridized carbons (Fsp3) is 0.0625. The summed E-state index contributed by atoms with van der Waals surface area (Å²) < 4.78 is 6.97. The maximum absolute atomic E-state index is 6.28. The van der Waals surface area contributed by atoms with Crippen molar-refractivity contribution >= 4 is 39.5 Å². The first-order chi connectivity index (χ1) is 11.7. The molecular weight excluding hydrogens is 367 g/mol. The van der Waals surface area contributed by atoms with Gasteiger partial charge in [0.1, 0.15) is 10.8 Å². The van der Waals surface area contributed by atoms with E-state index < -0.39 is 0 Å². The molecule has 0 saturated carbocycles. The molecule has 0 bridgehead atoms. The Bertz CT molecular complexity index is 1040. The fourth-order valence-corrected chi connectivity index (χ4v) is 3.76. The van der Waals surface area contributed by atoms with E-state index in [1.807, 2.05) is 30.3 Å². The Morgan fingerprint density at radius 3 is 2.75 bits per heavy atom. The molecule has 2 aromatic heterocycles. The zero-order chi connectivity index (χ0) is 16.7. The van der Waals surface area contributed by atoms with Crippen molar-refractivity contribution in [2.75, 3.05) is 7.11 Å². The third-order valence-electron chi connectivity index (χ3n) is 3.48. The Balaban J connectivity index is 1.84. The molecule has 0 saturated heterocycles. The number of fused-ring (bicyclic) bond motifs is 1. The van der Waals surface area contributed by atoms with Gasteiger partial charge in [0.05, 0.1) is 12.1 Å². The molecule has 0 aliphatic carbocycles. The average Bonchev–Trinajstić information content (AvgIpc) is 3.15. The van der Waals surface area contributed by atoms with Gasteiger partial charge in [-0.15, -0.1) is 10.2 Å². The van der Waals surface area contributed by atoms with E-state index in [4.69, 9.17) is 27.9 Å². The first-order valence-corrected chi connectivity index (χ1v) is 8.55. The van der Waals surface area contributed by atoms with E-state index in [1.54, 1.807) is 23.8 Å². The van der Waals surface area contributed by atoms with E-state index in [9.17, 15) is 0 Å². The van der Waals surface area contributed by atoms with E-state index in [1.165, 1.54) is 11.3 Å². The van der Waals surface area contributed by atoms with Crippen LogP contribution in [0.2, 0.25) is 10.0 Å². The minimum Gasteiger partial charge on any atom is -0.497 e. The highest BCUT2D eigenvalue weighted by Crippen LogP contribution is 2.34. The van der Waals surface area contributed by atoms with Crippen LogP contribution >= 0.6 is 34.5 Å². The summed E-state index contributed by atoms with van der Waals surface area (Å²) in [6.45, 7) is 0. The molecule has 4 rings (SSSR count). The summed E-state index contributed by atoms with van der Waals surface area (Å²) in [5, 5.41) is 14.9. The van der Waals surface area contributed by atoms with Crippen molar-refractivity contribution in [2.24, 2.45) is 0 Å². The SMILES string of the molecule is COc1cccc(-c2nnc3sc(-c4ccc(Cl)cc4Cl)nn23)c1. The maximum atomic E-state index is 6.28. The predicted molar refractivity (Wildman–Crippen MR) is 96.1 cm³/mol. The van der Waals surface area contributed by atoms with Crippen LogP contribution in [0, 0.1) is 0 Å². The number of halogens is 2. The molecule has 5 nitrogen and oxygen atoms in total. The Morgan fingerprint density at radius 1 is 1.08 bits per heavy atom. The van der Waals surface area contributed by atoms with Crippen LogP contribution in [0.4, 0.5) is 0 Å². The zero-order valence-electron chi connectivity index (χ0n) is 12.4. The number of methoxy groups -OCH3 is 1. The summed E-state index contributed by atoms with van der Waals surface area (Å²) in [6.07, 6.45) is 0. The van der Waals surface area contributed by atoms with E-state index in [2.05, 4.69) is 15.3 Å². The molecule has 8 heteroatoms. The summed E-state index contributed by atoms with van der Waals surface area (Å²) >= 11 is 13.6. The molecule has 4 aromatic rings. The standard InChI is InChI=1S/C16H10Cl2N4OS/c1-23-11-4-2-3-9(7-11)14-19-20-16-22(14)21-15(24-16)12-6-5-10(17)8-13(12)18/h2-8H,1H3. The van der Waals surface area contributed by atoms with Gasteiger partial charge >= 0.3 is 0 Å². The van der Waals surface area contributed by atoms with Crippen LogP contribution in [-0.4, -0.2) is 26.9 Å². The van der Waals surface area contributed by atoms with Crippen LogP contribution in [-0.2, 0) is 0 Å². The number of nitrogens with zero attached hydrogens (tertiary/aromatic N) is 4. The molecule has 0 unspecified atom stereocenters. The summed E-state index contributed by atoms with van der Waals surface area (Å²) in [5.74, 6) is 1.40. The number of rotatable bonds is 3. The number of ether oxygens (including phenoxy) is 1. The summed E-state index contributed by atoms with van der Waals surface area (Å²) in [5.41, 5.74) is 1.69. The summed E-state index contributed by atoms with van der Waals surface area (Å²) in [7, 11) is 1.63. The molecule has 0 aliphatic rings. The van der Waals surface area contributed by atoms with Gasteiger partial charge in [0, 0.05) is 16.1 Å². The lowest BCUT2D eigenvalue weighted by Gasteiger charge is -2.02. The van der Waals surface area contributed by atoms with E-state index >= 15 is 0 Å². The van der Waals surface area contributed by atoms with Crippen LogP contribution < -0.4 is 4.74 Å². The van der Waals surface area contributed by atoms with Crippen molar-refractivity contribution in [1.29, 1.82) is 0 Å². The number of aromatic nitrogens is 4. The third-order valence-corrected chi connectivity index (χ3v) is 4.96. The van der Waals surface area contributed by atoms with Gasteiger partial charge < -0.3 is 4.74 Å². The van der Waals surface area contributed by atoms with Gasteiger partial charge in [-0.25, -0.2) is 0 Å². The number of hydrogen-bond acceptors (Lipinski definition) is 5. The second kappa shape index (κ2) is 6.05. The van der Waals surface area contributed by atoms with Crippen molar-refractivity contribution in [3.8, 4) is 27.7 Å². The van der Waals surface area contributed by atoms with Gasteiger partial charge in [-0.1, -0.05) is 46.7 Å². The third kappa shape index (κ3) is 2.62. The smallest absolute Gasteiger partial charge is 0.235 e. The first-order valence-electron chi connectivity index (χ1n) is 6.98. The molecule has 24 heavy (non-hydrogen) atoms. The van der Waals surface area contributed by atoms with Crippen LogP contribution in [0.25, 0.3) is 26.9 Å². The Hall–Kier alpha value is -2.15. The van der Waals surface area contributed by atoms with Gasteiger partial charge in [-0.2, -0.15) is 9.61 Å². The van der Waals surface area contributed by atoms with Crippen molar-refractivity contribution < 1.29 is 4.74 Å². The first kappa shape index (κ1) is 15.4. The molecule has 0 radical (unpaired) electrons. The number of hydrogen-bond donors (Lipinski definition) is 0. The Labute approximate surface area is 151 Å². The van der Waals surface area contributed by atoms with Crippen LogP contribution in [0.1, 0.15) is 0 Å². The topological polar surface area (TPSA) is 52.3 Å². The summed E-state index contributed by atoms with van der Waals surface area (Å²) in [4.78, 5) is 0.689. The molecule has 0 aliphatic heterocycles. The predicted octanol–water partition coefficient (Wildman–Crippen LogP) is 4.84. The van der Waals surface area contributed by atoms with E-state index in [-0.39, 0.29) is 0 Å². The average molecular weight is 377 g/mol. The molecule has 0 spiro atoms. The monoisotopic (exact) mass is 376 g/mol. The lowest BCUT2D eigenvalue weighted by Crippen LogP contribution is -1.92. The van der Waals surface area contributed by atoms with Crippen LogP contribution in [0.5, 0.6) is 5.75 Å². The van der Waals surface area contributed by atoms with Gasteiger partial charge in [0.15, 0.2) is 5.82 Å². The highest BCUT2D eigenvalue weighted by molar-refractivity contribution is 7.19. The number of benzene rings is 2. The minimum atomic E-state index is 0.551. The van der Waals surface area contributed by atoms with Crippen molar-refractivity contribution in [1.82, 2.24) is 19.8 Å². The second-order valence-electron chi connectivity index (χ2n) is 4.98. The molecule has 2 aromatic carbocycles. The Kier molecular flexibility index (Phi) is 3.88. The quantitative estimate of drug-likeness (QED) is 0.513. The fourth-order valence-electron chi connectivity index (χ4n) is 2.33. The molecule has 0 amide bonds. The summed E-state index contributed by atoms with van der Waals surface area (Å²) in [6, 6.07) is 12.9. The van der Waals surface area contributed by atoms with Gasteiger partial charge in [-0.05, 0) is 30.3 Å². The molecule has 2 heterocycles. The molecule has 0 atom stereocenters. The van der Waals surface area contributed by atoms with E-state index in [0.717, 1.165) is 21.9 Å². The van der Waals surface area contributed by atoms with Gasteiger partial charge in [0.25, 0.3) is 0 Å².